The minimum atomic E-state index is -0.658. The van der Waals surface area contributed by atoms with Crippen LogP contribution in [0.15, 0.2) is 22.8 Å². The average molecular weight is 211 g/mol. The van der Waals surface area contributed by atoms with Crippen molar-refractivity contribution in [3.63, 3.8) is 0 Å². The predicted octanol–water partition coefficient (Wildman–Crippen LogP) is 1.03. The number of hydrogen-bond acceptors (Lipinski definition) is 4. The van der Waals surface area contributed by atoms with Gasteiger partial charge in [-0.2, -0.15) is 0 Å². The fraction of sp³-hybridized carbons (Fsp3) is 0.636. The molecule has 1 N–H and O–H groups in total. The van der Waals surface area contributed by atoms with Gasteiger partial charge in [0.25, 0.3) is 0 Å². The Morgan fingerprint density at radius 3 is 3.20 bits per heavy atom. The van der Waals surface area contributed by atoms with Gasteiger partial charge in [-0.15, -0.1) is 0 Å². The smallest absolute Gasteiger partial charge is 0.139 e. The molecular weight excluding hydrogens is 194 g/mol. The molecular formula is C11H17NO3. The quantitative estimate of drug-likeness (QED) is 0.811. The third-order valence-electron chi connectivity index (χ3n) is 2.81. The lowest BCUT2D eigenvalue weighted by Crippen LogP contribution is -2.44. The number of ether oxygens (including phenoxy) is 1. The van der Waals surface area contributed by atoms with E-state index < -0.39 is 6.10 Å². The average Bonchev–Trinajstić information content (AvgIpc) is 2.81. The van der Waals surface area contributed by atoms with Crippen LogP contribution in [0.3, 0.4) is 0 Å². The lowest BCUT2D eigenvalue weighted by Gasteiger charge is -2.33. The van der Waals surface area contributed by atoms with Crippen LogP contribution >= 0.6 is 0 Å². The number of likely N-dealkylation sites (N-methyl/N-ethyl adjacent to an activating group) is 1. The first-order valence-corrected chi connectivity index (χ1v) is 5.36. The van der Waals surface area contributed by atoms with E-state index in [9.17, 15) is 5.11 Å². The van der Waals surface area contributed by atoms with Crippen molar-refractivity contribution in [1.29, 1.82) is 0 Å². The highest BCUT2D eigenvalue weighted by atomic mass is 16.5. The summed E-state index contributed by atoms with van der Waals surface area (Å²) in [6.45, 7) is 5.49. The van der Waals surface area contributed by atoms with Gasteiger partial charge in [0.15, 0.2) is 0 Å². The molecule has 4 nitrogen and oxygen atoms in total. The third kappa shape index (κ3) is 2.40. The van der Waals surface area contributed by atoms with Crippen LogP contribution in [0.2, 0.25) is 0 Å². The van der Waals surface area contributed by atoms with Crippen molar-refractivity contribution in [2.75, 3.05) is 26.2 Å². The number of rotatable bonds is 3. The first-order valence-electron chi connectivity index (χ1n) is 5.36. The molecule has 0 amide bonds. The SMILES string of the molecule is CCN1CCOC(C(O)c2ccco2)C1. The van der Waals surface area contributed by atoms with Crippen LogP contribution in [0.1, 0.15) is 18.8 Å². The summed E-state index contributed by atoms with van der Waals surface area (Å²) in [6, 6.07) is 3.55. The van der Waals surface area contributed by atoms with E-state index >= 15 is 0 Å². The number of aliphatic hydroxyl groups excluding tert-OH is 1. The van der Waals surface area contributed by atoms with Gasteiger partial charge in [0.05, 0.1) is 12.9 Å². The summed E-state index contributed by atoms with van der Waals surface area (Å²) in [7, 11) is 0. The van der Waals surface area contributed by atoms with Crippen LogP contribution in [-0.2, 0) is 4.74 Å². The Morgan fingerprint density at radius 2 is 2.53 bits per heavy atom. The first kappa shape index (κ1) is 10.7. The molecule has 1 aliphatic rings. The fourth-order valence-electron chi connectivity index (χ4n) is 1.85. The second kappa shape index (κ2) is 4.79. The summed E-state index contributed by atoms with van der Waals surface area (Å²) in [5.41, 5.74) is 0. The fourth-order valence-corrected chi connectivity index (χ4v) is 1.85. The van der Waals surface area contributed by atoms with E-state index in [1.807, 2.05) is 0 Å². The summed E-state index contributed by atoms with van der Waals surface area (Å²) >= 11 is 0. The Hall–Kier alpha value is -0.840. The molecule has 2 heterocycles. The summed E-state index contributed by atoms with van der Waals surface area (Å²) in [4.78, 5) is 2.26. The van der Waals surface area contributed by atoms with Gasteiger partial charge >= 0.3 is 0 Å². The van der Waals surface area contributed by atoms with Gasteiger partial charge < -0.3 is 14.3 Å². The molecule has 4 heteroatoms. The minimum absolute atomic E-state index is 0.176. The Morgan fingerprint density at radius 1 is 1.67 bits per heavy atom. The number of morpholine rings is 1. The van der Waals surface area contributed by atoms with Gasteiger partial charge in [0, 0.05) is 13.1 Å². The van der Waals surface area contributed by atoms with Gasteiger partial charge in [-0.1, -0.05) is 6.92 Å². The zero-order valence-electron chi connectivity index (χ0n) is 8.93. The maximum absolute atomic E-state index is 10.0. The minimum Gasteiger partial charge on any atom is -0.466 e. The highest BCUT2D eigenvalue weighted by Gasteiger charge is 2.28. The van der Waals surface area contributed by atoms with Crippen molar-refractivity contribution in [2.24, 2.45) is 0 Å². The van der Waals surface area contributed by atoms with Crippen molar-refractivity contribution in [3.05, 3.63) is 24.2 Å². The lowest BCUT2D eigenvalue weighted by atomic mass is 10.1. The zero-order valence-corrected chi connectivity index (χ0v) is 8.93. The van der Waals surface area contributed by atoms with Crippen LogP contribution in [0.4, 0.5) is 0 Å². The summed E-state index contributed by atoms with van der Waals surface area (Å²) in [5.74, 6) is 0.581. The van der Waals surface area contributed by atoms with E-state index in [1.165, 1.54) is 0 Å². The Labute approximate surface area is 89.4 Å². The standard InChI is InChI=1S/C11H17NO3/c1-2-12-5-7-15-10(8-12)11(13)9-4-3-6-14-9/h3-4,6,10-11,13H,2,5,7-8H2,1H3. The Kier molecular flexibility index (Phi) is 3.41. The highest BCUT2D eigenvalue weighted by molar-refractivity contribution is 5.04. The topological polar surface area (TPSA) is 45.8 Å². The van der Waals surface area contributed by atoms with E-state index in [4.69, 9.17) is 9.15 Å². The Balaban J connectivity index is 1.98. The van der Waals surface area contributed by atoms with Crippen LogP contribution in [0.25, 0.3) is 0 Å². The predicted molar refractivity (Wildman–Crippen MR) is 55.5 cm³/mol. The maximum atomic E-state index is 10.0. The molecule has 2 unspecified atom stereocenters. The zero-order chi connectivity index (χ0) is 10.7. The first-order chi connectivity index (χ1) is 7.31. The molecule has 0 aromatic carbocycles. The normalized spacial score (nSPS) is 25.3. The molecule has 1 fully saturated rings. The van der Waals surface area contributed by atoms with E-state index in [0.717, 1.165) is 19.6 Å². The molecule has 2 atom stereocenters. The molecule has 0 aliphatic carbocycles. The molecule has 1 aliphatic heterocycles. The van der Waals surface area contributed by atoms with Crippen molar-refractivity contribution in [3.8, 4) is 0 Å². The van der Waals surface area contributed by atoms with Crippen molar-refractivity contribution >= 4 is 0 Å². The monoisotopic (exact) mass is 211 g/mol. The van der Waals surface area contributed by atoms with Crippen molar-refractivity contribution in [2.45, 2.75) is 19.1 Å². The molecule has 0 saturated carbocycles. The van der Waals surface area contributed by atoms with Gasteiger partial charge in [-0.05, 0) is 18.7 Å². The molecule has 1 aromatic rings. The van der Waals surface area contributed by atoms with Gasteiger partial charge in [0.1, 0.15) is 18.0 Å². The number of aliphatic hydroxyl groups is 1. The van der Waals surface area contributed by atoms with Gasteiger partial charge in [-0.25, -0.2) is 0 Å². The largest absolute Gasteiger partial charge is 0.466 e. The molecule has 1 aromatic heterocycles. The second-order valence-electron chi connectivity index (χ2n) is 3.76. The van der Waals surface area contributed by atoms with Crippen LogP contribution in [-0.4, -0.2) is 42.4 Å². The second-order valence-corrected chi connectivity index (χ2v) is 3.76. The van der Waals surface area contributed by atoms with E-state index in [2.05, 4.69) is 11.8 Å². The summed E-state index contributed by atoms with van der Waals surface area (Å²) < 4.78 is 10.7. The van der Waals surface area contributed by atoms with Crippen LogP contribution < -0.4 is 0 Å². The maximum Gasteiger partial charge on any atom is 0.139 e. The molecule has 0 spiro atoms. The van der Waals surface area contributed by atoms with Crippen LogP contribution in [0, 0.1) is 0 Å². The lowest BCUT2D eigenvalue weighted by molar-refractivity contribution is -0.0944. The van der Waals surface area contributed by atoms with E-state index in [0.29, 0.717) is 12.4 Å². The van der Waals surface area contributed by atoms with Crippen molar-refractivity contribution in [1.82, 2.24) is 4.90 Å². The van der Waals surface area contributed by atoms with Crippen LogP contribution in [0.5, 0.6) is 0 Å². The van der Waals surface area contributed by atoms with E-state index in [1.54, 1.807) is 18.4 Å². The molecule has 84 valence electrons. The Bertz CT molecular complexity index is 286. The molecule has 1 saturated heterocycles. The third-order valence-corrected chi connectivity index (χ3v) is 2.81. The molecule has 0 radical (unpaired) electrons. The number of nitrogens with zero attached hydrogens (tertiary/aromatic N) is 1. The molecule has 0 bridgehead atoms. The van der Waals surface area contributed by atoms with E-state index in [-0.39, 0.29) is 6.10 Å². The van der Waals surface area contributed by atoms with Gasteiger partial charge in [-0.3, -0.25) is 4.90 Å². The molecule has 2 rings (SSSR count). The number of furan rings is 1. The van der Waals surface area contributed by atoms with Crippen molar-refractivity contribution < 1.29 is 14.3 Å². The number of hydrogen-bond donors (Lipinski definition) is 1. The highest BCUT2D eigenvalue weighted by Crippen LogP contribution is 2.22. The molecule has 15 heavy (non-hydrogen) atoms. The summed E-state index contributed by atoms with van der Waals surface area (Å²) in [6.07, 6.45) is 0.734. The van der Waals surface area contributed by atoms with Gasteiger partial charge in [0.2, 0.25) is 0 Å². The summed E-state index contributed by atoms with van der Waals surface area (Å²) in [5, 5.41) is 10.0.